The highest BCUT2D eigenvalue weighted by atomic mass is 19.4. The largest absolute Gasteiger partial charge is 0.388 e. The van der Waals surface area contributed by atoms with Gasteiger partial charge in [0.1, 0.15) is 0 Å². The Hall–Kier alpha value is -0.990. The number of benzene rings is 1. The van der Waals surface area contributed by atoms with Crippen molar-refractivity contribution in [2.24, 2.45) is 0 Å². The van der Waals surface area contributed by atoms with Crippen LogP contribution in [0.2, 0.25) is 0 Å². The Balaban J connectivity index is -0.000000182. The monoisotopic (exact) mass is 250 g/mol. The van der Waals surface area contributed by atoms with E-state index in [4.69, 9.17) is 0 Å². The van der Waals surface area contributed by atoms with Gasteiger partial charge in [-0.05, 0) is 6.92 Å². The van der Waals surface area contributed by atoms with E-state index in [1.807, 2.05) is 18.2 Å². The van der Waals surface area contributed by atoms with Crippen LogP contribution in [0.4, 0.5) is 13.2 Å². The second kappa shape index (κ2) is 13.1. The minimum atomic E-state index is -3.96. The van der Waals surface area contributed by atoms with Crippen LogP contribution in [0, 0.1) is 6.92 Å². The number of rotatable bonds is 0. The van der Waals surface area contributed by atoms with Gasteiger partial charge in [0.25, 0.3) is 0 Å². The molecule has 0 N–H and O–H groups in total. The second-order valence-corrected chi connectivity index (χ2v) is 3.33. The predicted molar refractivity (Wildman–Crippen MR) is 70.2 cm³/mol. The standard InChI is InChI=1S/C7H8.C3H5F3.C3H8.CH4/c1-7-5-3-2-4-6-7;1-2-3(4,5)6;1-3-2;/h2-6H,1H3;2H2,1H3;3H2,1-2H3;1H4. The van der Waals surface area contributed by atoms with E-state index in [1.54, 1.807) is 0 Å². The van der Waals surface area contributed by atoms with E-state index in [-0.39, 0.29) is 7.43 Å². The number of alkyl halides is 3. The van der Waals surface area contributed by atoms with Crippen molar-refractivity contribution < 1.29 is 13.2 Å². The Kier molecular flexibility index (Phi) is 16.4. The van der Waals surface area contributed by atoms with Crippen LogP contribution < -0.4 is 0 Å². The van der Waals surface area contributed by atoms with Crippen LogP contribution in [0.5, 0.6) is 0 Å². The van der Waals surface area contributed by atoms with Crippen LogP contribution in [0.25, 0.3) is 0 Å². The van der Waals surface area contributed by atoms with Crippen LogP contribution in [0.15, 0.2) is 30.3 Å². The van der Waals surface area contributed by atoms with E-state index in [9.17, 15) is 13.2 Å². The Labute approximate surface area is 104 Å². The molecule has 0 aliphatic rings. The van der Waals surface area contributed by atoms with Crippen LogP contribution >= 0.6 is 0 Å². The fourth-order valence-corrected chi connectivity index (χ4v) is 0.534. The summed E-state index contributed by atoms with van der Waals surface area (Å²) in [6.45, 7) is 7.42. The van der Waals surface area contributed by atoms with Crippen molar-refractivity contribution in [2.45, 2.75) is 54.1 Å². The fraction of sp³-hybridized carbons (Fsp3) is 0.571. The van der Waals surface area contributed by atoms with Gasteiger partial charge in [-0.2, -0.15) is 13.2 Å². The Morgan fingerprint density at radius 1 is 0.941 bits per heavy atom. The molecule has 0 atom stereocenters. The number of halogens is 3. The Morgan fingerprint density at radius 2 is 1.24 bits per heavy atom. The molecule has 1 rings (SSSR count). The van der Waals surface area contributed by atoms with E-state index >= 15 is 0 Å². The zero-order valence-electron chi connectivity index (χ0n) is 10.4. The quantitative estimate of drug-likeness (QED) is 0.529. The molecule has 0 saturated carbocycles. The summed E-state index contributed by atoms with van der Waals surface area (Å²) < 4.78 is 32.4. The van der Waals surface area contributed by atoms with Gasteiger partial charge < -0.3 is 0 Å². The van der Waals surface area contributed by atoms with Crippen molar-refractivity contribution in [3.8, 4) is 0 Å². The highest BCUT2D eigenvalue weighted by molar-refractivity contribution is 5.11. The van der Waals surface area contributed by atoms with E-state index in [0.29, 0.717) is 0 Å². The van der Waals surface area contributed by atoms with Crippen LogP contribution in [0.3, 0.4) is 0 Å². The van der Waals surface area contributed by atoms with E-state index < -0.39 is 12.6 Å². The van der Waals surface area contributed by atoms with Crippen molar-refractivity contribution in [2.75, 3.05) is 0 Å². The molecule has 17 heavy (non-hydrogen) atoms. The third-order valence-electron chi connectivity index (χ3n) is 1.34. The summed E-state index contributed by atoms with van der Waals surface area (Å²) in [4.78, 5) is 0. The molecule has 1 aromatic carbocycles. The van der Waals surface area contributed by atoms with Gasteiger partial charge in [0.05, 0.1) is 0 Å². The van der Waals surface area contributed by atoms with Gasteiger partial charge in [-0.25, -0.2) is 0 Å². The van der Waals surface area contributed by atoms with E-state index in [2.05, 4.69) is 32.9 Å². The first-order valence-corrected chi connectivity index (χ1v) is 5.45. The van der Waals surface area contributed by atoms with Crippen molar-refractivity contribution in [3.63, 3.8) is 0 Å². The molecular weight excluding hydrogens is 225 g/mol. The van der Waals surface area contributed by atoms with Gasteiger partial charge in [0.2, 0.25) is 0 Å². The first-order chi connectivity index (χ1) is 7.37. The Bertz CT molecular complexity index is 227. The normalized spacial score (nSPS) is 8.88. The average molecular weight is 250 g/mol. The predicted octanol–water partition coefficient (Wildman–Crippen LogP) is 6.01. The molecule has 1 aromatic rings. The summed E-state index contributed by atoms with van der Waals surface area (Å²) in [5.74, 6) is 0. The molecule has 0 spiro atoms. The first kappa shape index (κ1) is 21.3. The molecule has 0 bridgehead atoms. The maximum Gasteiger partial charge on any atom is 0.388 e. The lowest BCUT2D eigenvalue weighted by Gasteiger charge is -1.96. The van der Waals surface area contributed by atoms with Crippen molar-refractivity contribution in [3.05, 3.63) is 35.9 Å². The molecular formula is C14H25F3. The molecule has 0 unspecified atom stereocenters. The lowest BCUT2D eigenvalue weighted by molar-refractivity contribution is -0.130. The number of hydrogen-bond acceptors (Lipinski definition) is 0. The number of aryl methyl sites for hydroxylation is 1. The van der Waals surface area contributed by atoms with Crippen molar-refractivity contribution in [1.29, 1.82) is 0 Å². The lowest BCUT2D eigenvalue weighted by Crippen LogP contribution is -2.02. The summed E-state index contributed by atoms with van der Waals surface area (Å²) in [7, 11) is 0. The SMILES string of the molecule is C.CCC.CCC(F)(F)F.Cc1ccccc1. The molecule has 0 amide bonds. The zero-order chi connectivity index (χ0) is 13.0. The molecule has 0 radical (unpaired) electrons. The minimum Gasteiger partial charge on any atom is -0.171 e. The van der Waals surface area contributed by atoms with Gasteiger partial charge in [0, 0.05) is 6.42 Å². The topological polar surface area (TPSA) is 0 Å². The molecule has 102 valence electrons. The zero-order valence-corrected chi connectivity index (χ0v) is 10.4. The van der Waals surface area contributed by atoms with Crippen molar-refractivity contribution >= 4 is 0 Å². The highest BCUT2D eigenvalue weighted by Gasteiger charge is 2.22. The van der Waals surface area contributed by atoms with Gasteiger partial charge in [-0.15, -0.1) is 0 Å². The minimum absolute atomic E-state index is 0. The maximum absolute atomic E-state index is 10.8. The molecule has 0 fully saturated rings. The Morgan fingerprint density at radius 3 is 1.35 bits per heavy atom. The van der Waals surface area contributed by atoms with Gasteiger partial charge >= 0.3 is 6.18 Å². The summed E-state index contributed by atoms with van der Waals surface area (Å²) >= 11 is 0. The van der Waals surface area contributed by atoms with Gasteiger partial charge in [-0.3, -0.25) is 0 Å². The summed E-state index contributed by atoms with van der Waals surface area (Å²) in [6.07, 6.45) is -3.44. The maximum atomic E-state index is 10.8. The smallest absolute Gasteiger partial charge is 0.171 e. The van der Waals surface area contributed by atoms with Gasteiger partial charge in [-0.1, -0.05) is 70.5 Å². The highest BCUT2D eigenvalue weighted by Crippen LogP contribution is 2.17. The third-order valence-corrected chi connectivity index (χ3v) is 1.34. The molecule has 0 aromatic heterocycles. The van der Waals surface area contributed by atoms with E-state index in [1.165, 1.54) is 12.0 Å². The van der Waals surface area contributed by atoms with E-state index in [0.717, 1.165) is 6.92 Å². The molecule has 0 nitrogen and oxygen atoms in total. The van der Waals surface area contributed by atoms with Crippen LogP contribution in [-0.2, 0) is 0 Å². The molecule has 0 heterocycles. The van der Waals surface area contributed by atoms with Crippen LogP contribution in [0.1, 0.15) is 46.6 Å². The molecule has 0 aliphatic heterocycles. The van der Waals surface area contributed by atoms with Crippen molar-refractivity contribution in [1.82, 2.24) is 0 Å². The average Bonchev–Trinajstić information content (AvgIpc) is 2.20. The summed E-state index contributed by atoms with van der Waals surface area (Å²) in [5.41, 5.74) is 1.32. The van der Waals surface area contributed by atoms with Gasteiger partial charge in [0.15, 0.2) is 0 Å². The first-order valence-electron chi connectivity index (χ1n) is 5.45. The summed E-state index contributed by atoms with van der Waals surface area (Å²) in [6, 6.07) is 10.3. The summed E-state index contributed by atoms with van der Waals surface area (Å²) in [5, 5.41) is 0. The lowest BCUT2D eigenvalue weighted by atomic mass is 10.2. The third kappa shape index (κ3) is 25.4. The molecule has 0 saturated heterocycles. The number of hydrogen-bond donors (Lipinski definition) is 0. The van der Waals surface area contributed by atoms with Crippen LogP contribution in [-0.4, -0.2) is 6.18 Å². The fourth-order valence-electron chi connectivity index (χ4n) is 0.534. The second-order valence-electron chi connectivity index (χ2n) is 3.33. The molecule has 0 aliphatic carbocycles. The molecule has 3 heteroatoms.